The van der Waals surface area contributed by atoms with E-state index in [-0.39, 0.29) is 5.91 Å². The molecule has 1 amide bonds. The number of nitrogens with zero attached hydrogens (tertiary/aromatic N) is 3. The third-order valence-corrected chi connectivity index (χ3v) is 4.74. The zero-order valence-electron chi connectivity index (χ0n) is 16.9. The molecule has 3 rings (SSSR count). The number of aromatic nitrogens is 2. The van der Waals surface area contributed by atoms with Crippen molar-refractivity contribution >= 4 is 17.4 Å². The molecule has 7 heteroatoms. The topological polar surface area (TPSA) is 79.4 Å². The molecule has 1 aromatic carbocycles. The van der Waals surface area contributed by atoms with Gasteiger partial charge in [0.05, 0.1) is 13.2 Å². The van der Waals surface area contributed by atoms with Gasteiger partial charge in [-0.15, -0.1) is 0 Å². The molecule has 1 aromatic heterocycles. The van der Waals surface area contributed by atoms with Crippen molar-refractivity contribution in [1.29, 1.82) is 0 Å². The number of ether oxygens (including phenoxy) is 1. The Labute approximate surface area is 166 Å². The smallest absolute Gasteiger partial charge is 0.274 e. The largest absolute Gasteiger partial charge is 0.379 e. The first-order valence-electron chi connectivity index (χ1n) is 9.83. The van der Waals surface area contributed by atoms with Crippen molar-refractivity contribution in [2.45, 2.75) is 26.7 Å². The number of hydrogen-bond acceptors (Lipinski definition) is 6. The molecule has 7 nitrogen and oxygen atoms in total. The van der Waals surface area contributed by atoms with Gasteiger partial charge in [-0.3, -0.25) is 9.69 Å². The molecule has 0 radical (unpaired) electrons. The summed E-state index contributed by atoms with van der Waals surface area (Å²) in [6.45, 7) is 11.2. The number of morpholine rings is 1. The quantitative estimate of drug-likeness (QED) is 0.765. The minimum absolute atomic E-state index is 0.227. The van der Waals surface area contributed by atoms with Gasteiger partial charge in [-0.2, -0.15) is 0 Å². The van der Waals surface area contributed by atoms with Gasteiger partial charge in [0, 0.05) is 37.9 Å². The van der Waals surface area contributed by atoms with E-state index in [1.807, 2.05) is 24.3 Å². The number of benzene rings is 1. The molecule has 2 aromatic rings. The van der Waals surface area contributed by atoms with E-state index in [9.17, 15) is 4.79 Å². The van der Waals surface area contributed by atoms with Crippen molar-refractivity contribution in [1.82, 2.24) is 14.9 Å². The molecule has 28 heavy (non-hydrogen) atoms. The fraction of sp³-hybridized carbons (Fsp3) is 0.476. The van der Waals surface area contributed by atoms with Crippen LogP contribution in [-0.2, 0) is 4.74 Å². The maximum Gasteiger partial charge on any atom is 0.274 e. The van der Waals surface area contributed by atoms with Crippen LogP contribution in [-0.4, -0.2) is 60.2 Å². The van der Waals surface area contributed by atoms with E-state index in [0.717, 1.165) is 50.6 Å². The van der Waals surface area contributed by atoms with Gasteiger partial charge in [0.25, 0.3) is 5.91 Å². The second-order valence-corrected chi connectivity index (χ2v) is 7.26. The number of anilines is 2. The van der Waals surface area contributed by atoms with Crippen LogP contribution in [0.15, 0.2) is 30.3 Å². The Bertz CT molecular complexity index is 803. The fourth-order valence-electron chi connectivity index (χ4n) is 3.24. The van der Waals surface area contributed by atoms with Gasteiger partial charge in [-0.05, 0) is 24.5 Å². The van der Waals surface area contributed by atoms with Crippen LogP contribution in [0.25, 0.3) is 0 Å². The highest BCUT2D eigenvalue weighted by Crippen LogP contribution is 2.24. The van der Waals surface area contributed by atoms with Gasteiger partial charge < -0.3 is 15.4 Å². The fourth-order valence-corrected chi connectivity index (χ4v) is 3.24. The van der Waals surface area contributed by atoms with E-state index < -0.39 is 0 Å². The normalized spacial score (nSPS) is 14.9. The lowest BCUT2D eigenvalue weighted by molar-refractivity contribution is 0.0398. The molecule has 0 unspecified atom stereocenters. The molecule has 0 atom stereocenters. The van der Waals surface area contributed by atoms with Crippen molar-refractivity contribution in [3.8, 4) is 0 Å². The zero-order valence-corrected chi connectivity index (χ0v) is 16.9. The lowest BCUT2D eigenvalue weighted by atomic mass is 10.0. The van der Waals surface area contributed by atoms with E-state index in [4.69, 9.17) is 4.74 Å². The summed E-state index contributed by atoms with van der Waals surface area (Å²) < 4.78 is 5.37. The van der Waals surface area contributed by atoms with Crippen LogP contribution < -0.4 is 10.6 Å². The Morgan fingerprint density at radius 3 is 2.71 bits per heavy atom. The Hall–Kier alpha value is -2.51. The summed E-state index contributed by atoms with van der Waals surface area (Å²) in [5, 5.41) is 6.30. The van der Waals surface area contributed by atoms with Crippen molar-refractivity contribution in [2.24, 2.45) is 0 Å². The summed E-state index contributed by atoms with van der Waals surface area (Å²) in [5.74, 6) is 1.33. The molecule has 1 fully saturated rings. The third kappa shape index (κ3) is 5.50. The van der Waals surface area contributed by atoms with E-state index in [1.165, 1.54) is 0 Å². The average molecular weight is 383 g/mol. The summed E-state index contributed by atoms with van der Waals surface area (Å²) in [5.41, 5.74) is 2.28. The molecule has 0 bridgehead atoms. The molecule has 0 saturated carbocycles. The third-order valence-electron chi connectivity index (χ3n) is 4.74. The maximum atomic E-state index is 12.8. The Balaban J connectivity index is 1.64. The first-order chi connectivity index (χ1) is 13.5. The van der Waals surface area contributed by atoms with Gasteiger partial charge >= 0.3 is 0 Å². The van der Waals surface area contributed by atoms with Crippen LogP contribution in [0.1, 0.15) is 41.6 Å². The number of para-hydroxylation sites is 1. The molecular weight excluding hydrogens is 354 g/mol. The van der Waals surface area contributed by atoms with Crippen molar-refractivity contribution in [3.63, 3.8) is 0 Å². The first kappa shape index (κ1) is 20.2. The minimum atomic E-state index is -0.227. The summed E-state index contributed by atoms with van der Waals surface area (Å²) in [4.78, 5) is 23.8. The number of carbonyl (C=O) groups is 1. The Morgan fingerprint density at radius 1 is 1.21 bits per heavy atom. The van der Waals surface area contributed by atoms with E-state index in [0.29, 0.717) is 23.3 Å². The van der Waals surface area contributed by atoms with Crippen LogP contribution in [0.4, 0.5) is 11.5 Å². The number of aryl methyl sites for hydroxylation is 1. The number of hydrogen-bond donors (Lipinski definition) is 2. The average Bonchev–Trinajstić information content (AvgIpc) is 2.68. The Kier molecular flexibility index (Phi) is 6.95. The second-order valence-electron chi connectivity index (χ2n) is 7.26. The van der Waals surface area contributed by atoms with Gasteiger partial charge in [-0.25, -0.2) is 9.97 Å². The van der Waals surface area contributed by atoms with Crippen LogP contribution in [0, 0.1) is 6.92 Å². The monoisotopic (exact) mass is 383 g/mol. The summed E-state index contributed by atoms with van der Waals surface area (Å²) in [7, 11) is 0. The zero-order chi connectivity index (χ0) is 19.9. The molecule has 2 heterocycles. The standard InChI is InChI=1S/C21H29N5O2/c1-15(2)17-6-4-5-7-18(17)25-21(27)19-14-20(24-16(3)23-19)22-8-9-26-10-12-28-13-11-26/h4-7,14-15H,8-13H2,1-3H3,(H,25,27)(H,22,23,24). The van der Waals surface area contributed by atoms with E-state index in [2.05, 4.69) is 39.3 Å². The number of nitrogens with one attached hydrogen (secondary N) is 2. The number of rotatable bonds is 7. The summed E-state index contributed by atoms with van der Waals surface area (Å²) in [6, 6.07) is 9.56. The molecule has 0 spiro atoms. The van der Waals surface area contributed by atoms with Gasteiger partial charge in [0.1, 0.15) is 17.3 Å². The summed E-state index contributed by atoms with van der Waals surface area (Å²) >= 11 is 0. The van der Waals surface area contributed by atoms with E-state index >= 15 is 0 Å². The van der Waals surface area contributed by atoms with Crippen molar-refractivity contribution in [2.75, 3.05) is 50.0 Å². The highest BCUT2D eigenvalue weighted by molar-refractivity contribution is 6.03. The van der Waals surface area contributed by atoms with Crippen LogP contribution in [0.2, 0.25) is 0 Å². The van der Waals surface area contributed by atoms with Crippen molar-refractivity contribution < 1.29 is 9.53 Å². The predicted octanol–water partition coefficient (Wildman–Crippen LogP) is 2.90. The van der Waals surface area contributed by atoms with Crippen molar-refractivity contribution in [3.05, 3.63) is 47.4 Å². The second kappa shape index (κ2) is 9.61. The minimum Gasteiger partial charge on any atom is -0.379 e. The highest BCUT2D eigenvalue weighted by atomic mass is 16.5. The highest BCUT2D eigenvalue weighted by Gasteiger charge is 2.14. The van der Waals surface area contributed by atoms with E-state index in [1.54, 1.807) is 13.0 Å². The van der Waals surface area contributed by atoms with Gasteiger partial charge in [-0.1, -0.05) is 32.0 Å². The molecule has 150 valence electrons. The SMILES string of the molecule is Cc1nc(NCCN2CCOCC2)cc(C(=O)Nc2ccccc2C(C)C)n1. The Morgan fingerprint density at radius 2 is 1.96 bits per heavy atom. The van der Waals surface area contributed by atoms with Crippen LogP contribution in [0.5, 0.6) is 0 Å². The molecule has 0 aliphatic carbocycles. The van der Waals surface area contributed by atoms with Gasteiger partial charge in [0.2, 0.25) is 0 Å². The van der Waals surface area contributed by atoms with Gasteiger partial charge in [0.15, 0.2) is 0 Å². The summed E-state index contributed by atoms with van der Waals surface area (Å²) in [6.07, 6.45) is 0. The molecule has 1 aliphatic rings. The molecule has 1 saturated heterocycles. The predicted molar refractivity (Wildman–Crippen MR) is 111 cm³/mol. The van der Waals surface area contributed by atoms with Crippen LogP contribution >= 0.6 is 0 Å². The molecule has 1 aliphatic heterocycles. The maximum absolute atomic E-state index is 12.8. The first-order valence-corrected chi connectivity index (χ1v) is 9.83. The molecular formula is C21H29N5O2. The van der Waals surface area contributed by atoms with Crippen LogP contribution in [0.3, 0.4) is 0 Å². The molecule has 2 N–H and O–H groups in total. The lowest BCUT2D eigenvalue weighted by Crippen LogP contribution is -2.39. The number of amides is 1. The lowest BCUT2D eigenvalue weighted by Gasteiger charge is -2.26. The number of carbonyl (C=O) groups excluding carboxylic acids is 1.